The van der Waals surface area contributed by atoms with Gasteiger partial charge in [-0.1, -0.05) is 30.3 Å². The Labute approximate surface area is 217 Å². The summed E-state index contributed by atoms with van der Waals surface area (Å²) in [6.45, 7) is 5.34. The molecule has 8 nitrogen and oxygen atoms in total. The van der Waals surface area contributed by atoms with Crippen molar-refractivity contribution in [1.29, 1.82) is 0 Å². The molecule has 0 spiro atoms. The Morgan fingerprint density at radius 1 is 1.11 bits per heavy atom. The monoisotopic (exact) mass is 505 g/mol. The molecule has 2 N–H and O–H groups in total. The summed E-state index contributed by atoms with van der Waals surface area (Å²) in [5.74, 6) is 0.962. The highest BCUT2D eigenvalue weighted by molar-refractivity contribution is 6.01. The fraction of sp³-hybridized carbons (Fsp3) is 0.448. The van der Waals surface area contributed by atoms with Gasteiger partial charge in [-0.05, 0) is 50.8 Å². The van der Waals surface area contributed by atoms with Crippen LogP contribution in [0.1, 0.15) is 55.8 Å². The van der Waals surface area contributed by atoms with Crippen molar-refractivity contribution in [2.45, 2.75) is 44.6 Å². The van der Waals surface area contributed by atoms with Crippen molar-refractivity contribution in [2.24, 2.45) is 0 Å². The van der Waals surface area contributed by atoms with Crippen LogP contribution in [0.2, 0.25) is 0 Å². The number of aliphatic hydroxyl groups is 1. The summed E-state index contributed by atoms with van der Waals surface area (Å²) in [6.07, 6.45) is 2.25. The van der Waals surface area contributed by atoms with Crippen LogP contribution in [0.15, 0.2) is 42.5 Å². The van der Waals surface area contributed by atoms with Crippen molar-refractivity contribution < 1.29 is 24.2 Å². The van der Waals surface area contributed by atoms with E-state index < -0.39 is 5.54 Å². The van der Waals surface area contributed by atoms with Crippen LogP contribution in [0.25, 0.3) is 10.9 Å². The Hall–Kier alpha value is -3.52. The summed E-state index contributed by atoms with van der Waals surface area (Å²) in [5, 5.41) is 10.1. The SMILES string of the molecule is CCOc1c(OC)cccc1C1CN2C(=O)CN(CCCCCO)C(=O)[C@]2(C)c2[nH]c3ccccc3c21. The van der Waals surface area contributed by atoms with E-state index in [0.717, 1.165) is 40.6 Å². The molecule has 0 aliphatic carbocycles. The lowest BCUT2D eigenvalue weighted by molar-refractivity contribution is -0.166. The van der Waals surface area contributed by atoms with Gasteiger partial charge in [-0.3, -0.25) is 9.59 Å². The number of nitrogens with one attached hydrogen (secondary N) is 1. The number of aromatic nitrogens is 1. The number of nitrogens with zero attached hydrogens (tertiary/aromatic N) is 2. The van der Waals surface area contributed by atoms with Gasteiger partial charge in [-0.2, -0.15) is 0 Å². The third kappa shape index (κ3) is 4.03. The first-order chi connectivity index (χ1) is 17.9. The van der Waals surface area contributed by atoms with E-state index in [1.165, 1.54) is 0 Å². The minimum absolute atomic E-state index is 0.0618. The van der Waals surface area contributed by atoms with Gasteiger partial charge in [0.25, 0.3) is 5.91 Å². The number of ether oxygens (including phenoxy) is 2. The third-order valence-corrected chi connectivity index (χ3v) is 7.80. The number of amides is 2. The maximum atomic E-state index is 14.1. The zero-order valence-electron chi connectivity index (χ0n) is 21.8. The summed E-state index contributed by atoms with van der Waals surface area (Å²) in [5.41, 5.74) is 2.50. The molecule has 196 valence electrons. The Balaban J connectivity index is 1.66. The lowest BCUT2D eigenvalue weighted by Gasteiger charge is -2.51. The quantitative estimate of drug-likeness (QED) is 0.432. The van der Waals surface area contributed by atoms with Crippen molar-refractivity contribution >= 4 is 22.7 Å². The number of hydrogen-bond acceptors (Lipinski definition) is 5. The van der Waals surface area contributed by atoms with Gasteiger partial charge >= 0.3 is 0 Å². The molecular weight excluding hydrogens is 470 g/mol. The molecule has 3 heterocycles. The molecule has 8 heteroatoms. The highest BCUT2D eigenvalue weighted by atomic mass is 16.5. The number of hydrogen-bond donors (Lipinski definition) is 2. The lowest BCUT2D eigenvalue weighted by atomic mass is 9.76. The average Bonchev–Trinajstić information content (AvgIpc) is 3.31. The lowest BCUT2D eigenvalue weighted by Crippen LogP contribution is -2.67. The molecule has 2 aliphatic heterocycles. The minimum Gasteiger partial charge on any atom is -0.493 e. The Morgan fingerprint density at radius 2 is 1.92 bits per heavy atom. The van der Waals surface area contributed by atoms with Crippen LogP contribution in [0.3, 0.4) is 0 Å². The van der Waals surface area contributed by atoms with E-state index in [1.54, 1.807) is 16.9 Å². The second-order valence-electron chi connectivity index (χ2n) is 9.91. The van der Waals surface area contributed by atoms with E-state index in [9.17, 15) is 9.59 Å². The van der Waals surface area contributed by atoms with E-state index in [-0.39, 0.29) is 30.9 Å². The minimum atomic E-state index is -1.14. The van der Waals surface area contributed by atoms with Gasteiger partial charge in [-0.25, -0.2) is 0 Å². The summed E-state index contributed by atoms with van der Waals surface area (Å²) >= 11 is 0. The number of methoxy groups -OCH3 is 1. The molecule has 1 unspecified atom stereocenters. The molecule has 2 amide bonds. The molecule has 2 aromatic carbocycles. The van der Waals surface area contributed by atoms with Crippen LogP contribution in [-0.2, 0) is 15.1 Å². The number of carbonyl (C=O) groups excluding carboxylic acids is 2. The number of rotatable bonds is 9. The second kappa shape index (κ2) is 10.1. The van der Waals surface area contributed by atoms with Crippen molar-refractivity contribution in [3.63, 3.8) is 0 Å². The molecule has 2 atom stereocenters. The largest absolute Gasteiger partial charge is 0.493 e. The first-order valence-electron chi connectivity index (χ1n) is 13.1. The van der Waals surface area contributed by atoms with Crippen molar-refractivity contribution in [2.75, 3.05) is 40.0 Å². The number of piperazine rings is 1. The second-order valence-corrected chi connectivity index (χ2v) is 9.91. The number of carbonyl (C=O) groups is 2. The van der Waals surface area contributed by atoms with Gasteiger partial charge in [0.05, 0.1) is 26.0 Å². The van der Waals surface area contributed by atoms with Gasteiger partial charge in [0, 0.05) is 42.1 Å². The van der Waals surface area contributed by atoms with Gasteiger partial charge < -0.3 is 29.4 Å². The highest BCUT2D eigenvalue weighted by Gasteiger charge is 2.56. The maximum Gasteiger partial charge on any atom is 0.254 e. The zero-order chi connectivity index (χ0) is 26.2. The summed E-state index contributed by atoms with van der Waals surface area (Å²) < 4.78 is 11.7. The Morgan fingerprint density at radius 3 is 2.68 bits per heavy atom. The topological polar surface area (TPSA) is 95.1 Å². The van der Waals surface area contributed by atoms with Crippen molar-refractivity contribution in [3.05, 3.63) is 59.3 Å². The van der Waals surface area contributed by atoms with Gasteiger partial charge in [-0.15, -0.1) is 0 Å². The van der Waals surface area contributed by atoms with Crippen LogP contribution in [0, 0.1) is 0 Å². The average molecular weight is 506 g/mol. The molecule has 2 aliphatic rings. The molecule has 1 aromatic heterocycles. The van der Waals surface area contributed by atoms with Gasteiger partial charge in [0.15, 0.2) is 17.0 Å². The number of fused-ring (bicyclic) bond motifs is 5. The molecule has 1 fully saturated rings. The van der Waals surface area contributed by atoms with E-state index >= 15 is 0 Å². The van der Waals surface area contributed by atoms with Crippen LogP contribution in [-0.4, -0.2) is 71.7 Å². The van der Waals surface area contributed by atoms with Crippen LogP contribution in [0.4, 0.5) is 0 Å². The van der Waals surface area contributed by atoms with Crippen LogP contribution < -0.4 is 9.47 Å². The smallest absolute Gasteiger partial charge is 0.254 e. The van der Waals surface area contributed by atoms with Crippen LogP contribution >= 0.6 is 0 Å². The standard InChI is InChI=1S/C29H35N3O5/c1-4-37-26-19(12-10-14-23(26)36-3)21-17-32-24(34)18-31(15-8-5-9-16-33)28(35)29(32,2)27-25(21)20-11-6-7-13-22(20)30-27/h6-7,10-14,21,30,33H,4-5,8-9,15-18H2,1-3H3/t21?,29-/m0/s1. The molecule has 5 rings (SSSR count). The van der Waals surface area contributed by atoms with E-state index in [0.29, 0.717) is 37.6 Å². The number of benzene rings is 2. The molecule has 3 aromatic rings. The number of aromatic amines is 1. The van der Waals surface area contributed by atoms with Crippen molar-refractivity contribution in [1.82, 2.24) is 14.8 Å². The first kappa shape index (κ1) is 25.1. The first-order valence-corrected chi connectivity index (χ1v) is 13.1. The molecule has 0 bridgehead atoms. The molecular formula is C29H35N3O5. The summed E-state index contributed by atoms with van der Waals surface area (Å²) in [6, 6.07) is 13.9. The normalized spacial score (nSPS) is 21.2. The Bertz CT molecular complexity index is 1320. The number of aliphatic hydroxyl groups excluding tert-OH is 1. The number of H-pyrrole nitrogens is 1. The molecule has 0 radical (unpaired) electrons. The van der Waals surface area contributed by atoms with Crippen LogP contribution in [0.5, 0.6) is 11.5 Å². The van der Waals surface area contributed by atoms with E-state index in [4.69, 9.17) is 14.6 Å². The van der Waals surface area contributed by atoms with E-state index in [1.807, 2.05) is 50.2 Å². The van der Waals surface area contributed by atoms with Gasteiger partial charge in [0.1, 0.15) is 0 Å². The fourth-order valence-electron chi connectivity index (χ4n) is 6.00. The van der Waals surface area contributed by atoms with E-state index in [2.05, 4.69) is 11.1 Å². The maximum absolute atomic E-state index is 14.1. The Kier molecular flexibility index (Phi) is 6.86. The van der Waals surface area contributed by atoms with Crippen molar-refractivity contribution in [3.8, 4) is 11.5 Å². The zero-order valence-corrected chi connectivity index (χ0v) is 21.8. The number of para-hydroxylation sites is 2. The molecule has 1 saturated heterocycles. The fourth-order valence-corrected chi connectivity index (χ4v) is 6.00. The predicted octanol–water partition coefficient (Wildman–Crippen LogP) is 3.77. The third-order valence-electron chi connectivity index (χ3n) is 7.80. The van der Waals surface area contributed by atoms with Gasteiger partial charge in [0.2, 0.25) is 5.91 Å². The molecule has 37 heavy (non-hydrogen) atoms. The number of unbranched alkanes of at least 4 members (excludes halogenated alkanes) is 2. The predicted molar refractivity (Wildman–Crippen MR) is 141 cm³/mol. The summed E-state index contributed by atoms with van der Waals surface area (Å²) in [7, 11) is 1.62. The summed E-state index contributed by atoms with van der Waals surface area (Å²) in [4.78, 5) is 34.7. The highest BCUT2D eigenvalue weighted by Crippen LogP contribution is 2.50. The molecule has 0 saturated carbocycles.